The van der Waals surface area contributed by atoms with E-state index < -0.39 is 5.97 Å². The second-order valence-corrected chi connectivity index (χ2v) is 2.96. The summed E-state index contributed by atoms with van der Waals surface area (Å²) in [5.41, 5.74) is 5.19. The SMILES string of the molecule is CCN(CCC(=O)O)C(=O)COCCN. The molecule has 0 bridgehead atoms. The maximum absolute atomic E-state index is 11.4. The third kappa shape index (κ3) is 6.87. The van der Waals surface area contributed by atoms with E-state index in [1.807, 2.05) is 0 Å². The van der Waals surface area contributed by atoms with E-state index in [0.717, 1.165) is 0 Å². The highest BCUT2D eigenvalue weighted by Gasteiger charge is 2.12. The molecule has 0 saturated carbocycles. The van der Waals surface area contributed by atoms with Gasteiger partial charge in [-0.15, -0.1) is 0 Å². The molecule has 0 fully saturated rings. The van der Waals surface area contributed by atoms with Gasteiger partial charge < -0.3 is 20.5 Å². The molecular formula is C9H18N2O4. The fraction of sp³-hybridized carbons (Fsp3) is 0.778. The molecule has 0 radical (unpaired) electrons. The van der Waals surface area contributed by atoms with Gasteiger partial charge >= 0.3 is 5.97 Å². The average Bonchev–Trinajstić information content (AvgIpc) is 2.18. The van der Waals surface area contributed by atoms with E-state index in [2.05, 4.69) is 0 Å². The van der Waals surface area contributed by atoms with Crippen molar-refractivity contribution < 1.29 is 19.4 Å². The van der Waals surface area contributed by atoms with Crippen molar-refractivity contribution in [3.8, 4) is 0 Å². The third-order valence-corrected chi connectivity index (χ3v) is 1.82. The molecule has 0 spiro atoms. The summed E-state index contributed by atoms with van der Waals surface area (Å²) in [7, 11) is 0. The molecule has 0 rings (SSSR count). The first kappa shape index (κ1) is 13.9. The minimum atomic E-state index is -0.913. The number of carbonyl (C=O) groups excluding carboxylic acids is 1. The van der Waals surface area contributed by atoms with E-state index in [-0.39, 0.29) is 25.5 Å². The van der Waals surface area contributed by atoms with Crippen LogP contribution in [0.2, 0.25) is 0 Å². The van der Waals surface area contributed by atoms with Crippen LogP contribution in [-0.2, 0) is 14.3 Å². The number of likely N-dealkylation sites (N-methyl/N-ethyl adjacent to an activating group) is 1. The van der Waals surface area contributed by atoms with Crippen LogP contribution in [0.1, 0.15) is 13.3 Å². The third-order valence-electron chi connectivity index (χ3n) is 1.82. The van der Waals surface area contributed by atoms with Gasteiger partial charge in [0.2, 0.25) is 5.91 Å². The van der Waals surface area contributed by atoms with Gasteiger partial charge in [-0.1, -0.05) is 0 Å². The molecule has 0 aliphatic carbocycles. The molecular weight excluding hydrogens is 200 g/mol. The van der Waals surface area contributed by atoms with E-state index in [4.69, 9.17) is 15.6 Å². The monoisotopic (exact) mass is 218 g/mol. The predicted molar refractivity (Wildman–Crippen MR) is 54.4 cm³/mol. The second-order valence-electron chi connectivity index (χ2n) is 2.96. The zero-order chi connectivity index (χ0) is 11.7. The molecule has 0 saturated heterocycles. The maximum Gasteiger partial charge on any atom is 0.305 e. The summed E-state index contributed by atoms with van der Waals surface area (Å²) in [5.74, 6) is -1.11. The van der Waals surface area contributed by atoms with E-state index in [1.165, 1.54) is 4.90 Å². The maximum atomic E-state index is 11.4. The fourth-order valence-electron chi connectivity index (χ4n) is 1.02. The van der Waals surface area contributed by atoms with Gasteiger partial charge in [0.25, 0.3) is 0 Å². The molecule has 0 heterocycles. The van der Waals surface area contributed by atoms with Crippen LogP contribution in [0, 0.1) is 0 Å². The Morgan fingerprint density at radius 2 is 2.13 bits per heavy atom. The number of carboxylic acids is 1. The van der Waals surface area contributed by atoms with Crippen molar-refractivity contribution in [1.29, 1.82) is 0 Å². The average molecular weight is 218 g/mol. The smallest absolute Gasteiger partial charge is 0.305 e. The van der Waals surface area contributed by atoms with Crippen LogP contribution in [0.15, 0.2) is 0 Å². The topological polar surface area (TPSA) is 92.9 Å². The molecule has 3 N–H and O–H groups in total. The lowest BCUT2D eigenvalue weighted by molar-refractivity contribution is -0.139. The van der Waals surface area contributed by atoms with E-state index in [1.54, 1.807) is 6.92 Å². The molecule has 0 atom stereocenters. The first-order valence-electron chi connectivity index (χ1n) is 4.89. The molecule has 0 unspecified atom stereocenters. The Kier molecular flexibility index (Phi) is 7.57. The van der Waals surface area contributed by atoms with E-state index in [9.17, 15) is 9.59 Å². The summed E-state index contributed by atoms with van der Waals surface area (Å²) in [6, 6.07) is 0. The van der Waals surface area contributed by atoms with Crippen molar-refractivity contribution >= 4 is 11.9 Å². The summed E-state index contributed by atoms with van der Waals surface area (Å²) in [6.45, 7) is 3.17. The first-order chi connectivity index (χ1) is 7.11. The van der Waals surface area contributed by atoms with Gasteiger partial charge in [0.05, 0.1) is 13.0 Å². The predicted octanol–water partition coefficient (Wildman–Crippen LogP) is -0.715. The molecule has 1 amide bonds. The van der Waals surface area contributed by atoms with Gasteiger partial charge in [0, 0.05) is 19.6 Å². The minimum Gasteiger partial charge on any atom is -0.481 e. The molecule has 0 aliphatic rings. The molecule has 0 aromatic rings. The molecule has 0 aromatic carbocycles. The zero-order valence-electron chi connectivity index (χ0n) is 8.94. The van der Waals surface area contributed by atoms with Gasteiger partial charge in [-0.3, -0.25) is 9.59 Å². The Labute approximate surface area is 89.0 Å². The minimum absolute atomic E-state index is 0.0370. The van der Waals surface area contributed by atoms with Gasteiger partial charge in [-0.05, 0) is 6.92 Å². The molecule has 0 aromatic heterocycles. The van der Waals surface area contributed by atoms with Crippen molar-refractivity contribution in [3.63, 3.8) is 0 Å². The molecule has 15 heavy (non-hydrogen) atoms. The molecule has 6 heteroatoms. The van der Waals surface area contributed by atoms with Gasteiger partial charge in [0.15, 0.2) is 0 Å². The van der Waals surface area contributed by atoms with Crippen molar-refractivity contribution in [2.24, 2.45) is 5.73 Å². The highest BCUT2D eigenvalue weighted by atomic mass is 16.5. The van der Waals surface area contributed by atoms with Crippen LogP contribution in [0.5, 0.6) is 0 Å². The number of carbonyl (C=O) groups is 2. The summed E-state index contributed by atoms with van der Waals surface area (Å²) < 4.78 is 4.97. The fourth-order valence-corrected chi connectivity index (χ4v) is 1.02. The van der Waals surface area contributed by atoms with Crippen molar-refractivity contribution in [2.75, 3.05) is 32.8 Å². The number of carboxylic acid groups (broad SMARTS) is 1. The first-order valence-corrected chi connectivity index (χ1v) is 4.89. The molecule has 88 valence electrons. The quantitative estimate of drug-likeness (QED) is 0.525. The van der Waals surface area contributed by atoms with Crippen molar-refractivity contribution in [1.82, 2.24) is 4.90 Å². The van der Waals surface area contributed by atoms with E-state index in [0.29, 0.717) is 19.7 Å². The zero-order valence-corrected chi connectivity index (χ0v) is 8.94. The summed E-state index contributed by atoms with van der Waals surface area (Å²) in [5, 5.41) is 8.47. The molecule has 6 nitrogen and oxygen atoms in total. The largest absolute Gasteiger partial charge is 0.481 e. The van der Waals surface area contributed by atoms with Crippen molar-refractivity contribution in [2.45, 2.75) is 13.3 Å². The van der Waals surface area contributed by atoms with Gasteiger partial charge in [-0.2, -0.15) is 0 Å². The van der Waals surface area contributed by atoms with E-state index >= 15 is 0 Å². The number of hydrogen-bond donors (Lipinski definition) is 2. The number of rotatable bonds is 8. The van der Waals surface area contributed by atoms with Gasteiger partial charge in [-0.25, -0.2) is 0 Å². The van der Waals surface area contributed by atoms with Crippen LogP contribution in [-0.4, -0.2) is 54.7 Å². The number of hydrogen-bond acceptors (Lipinski definition) is 4. The molecule has 0 aliphatic heterocycles. The number of nitrogens with two attached hydrogens (primary N) is 1. The highest BCUT2D eigenvalue weighted by molar-refractivity contribution is 5.78. The Bertz CT molecular complexity index is 208. The number of aliphatic carboxylic acids is 1. The number of ether oxygens (including phenoxy) is 1. The normalized spacial score (nSPS) is 10.0. The van der Waals surface area contributed by atoms with Gasteiger partial charge in [0.1, 0.15) is 6.61 Å². The van der Waals surface area contributed by atoms with Crippen molar-refractivity contribution in [3.05, 3.63) is 0 Å². The summed E-state index contributed by atoms with van der Waals surface area (Å²) in [6.07, 6.45) is -0.0452. The second kappa shape index (κ2) is 8.19. The summed E-state index contributed by atoms with van der Waals surface area (Å²) in [4.78, 5) is 23.2. The highest BCUT2D eigenvalue weighted by Crippen LogP contribution is 1.93. The van der Waals surface area contributed by atoms with Crippen LogP contribution >= 0.6 is 0 Å². The Morgan fingerprint density at radius 3 is 2.60 bits per heavy atom. The number of amides is 1. The van der Waals surface area contributed by atoms with Crippen LogP contribution in [0.25, 0.3) is 0 Å². The Hall–Kier alpha value is -1.14. The lowest BCUT2D eigenvalue weighted by Crippen LogP contribution is -2.35. The Morgan fingerprint density at radius 1 is 1.47 bits per heavy atom. The van der Waals surface area contributed by atoms with Crippen LogP contribution < -0.4 is 5.73 Å². The standard InChI is InChI=1S/C9H18N2O4/c1-2-11(5-3-9(13)14)8(12)7-15-6-4-10/h2-7,10H2,1H3,(H,13,14). The van der Waals surface area contributed by atoms with Crippen LogP contribution in [0.4, 0.5) is 0 Å². The summed E-state index contributed by atoms with van der Waals surface area (Å²) >= 11 is 0. The van der Waals surface area contributed by atoms with Crippen LogP contribution in [0.3, 0.4) is 0 Å². The lowest BCUT2D eigenvalue weighted by Gasteiger charge is -2.19. The Balaban J connectivity index is 3.82. The lowest BCUT2D eigenvalue weighted by atomic mass is 10.3. The number of nitrogens with zero attached hydrogens (tertiary/aromatic N) is 1.